The van der Waals surface area contributed by atoms with Crippen LogP contribution in [0.1, 0.15) is 24.5 Å². The van der Waals surface area contributed by atoms with Crippen LogP contribution in [0.3, 0.4) is 0 Å². The highest BCUT2D eigenvalue weighted by molar-refractivity contribution is 7.93. The number of aryl methyl sites for hydroxylation is 2. The highest BCUT2D eigenvalue weighted by Crippen LogP contribution is 2.35. The summed E-state index contributed by atoms with van der Waals surface area (Å²) in [5.74, 6) is 1.21. The van der Waals surface area contributed by atoms with Gasteiger partial charge in [-0.3, -0.25) is 9.03 Å². The molecule has 10 heteroatoms. The summed E-state index contributed by atoms with van der Waals surface area (Å²) >= 11 is 0. The van der Waals surface area contributed by atoms with Crippen molar-refractivity contribution in [2.45, 2.75) is 36.5 Å². The molecule has 1 aliphatic rings. The number of hydrogen-bond acceptors (Lipinski definition) is 6. The first-order chi connectivity index (χ1) is 16.7. The van der Waals surface area contributed by atoms with Crippen molar-refractivity contribution in [3.63, 3.8) is 0 Å². The lowest BCUT2D eigenvalue weighted by atomic mass is 10.0. The summed E-state index contributed by atoms with van der Waals surface area (Å²) in [6.45, 7) is 4.50. The summed E-state index contributed by atoms with van der Waals surface area (Å²) in [5.41, 5.74) is 2.40. The number of methoxy groups -OCH3 is 1. The molecule has 0 bridgehead atoms. The average molecular weight is 517 g/mol. The van der Waals surface area contributed by atoms with E-state index in [0.717, 1.165) is 11.1 Å². The molecule has 0 unspecified atom stereocenters. The van der Waals surface area contributed by atoms with Gasteiger partial charge in [-0.05, 0) is 98.5 Å². The zero-order valence-electron chi connectivity index (χ0n) is 19.8. The molecule has 0 atom stereocenters. The van der Waals surface area contributed by atoms with E-state index in [1.807, 2.05) is 6.92 Å². The molecule has 186 valence electrons. The lowest BCUT2D eigenvalue weighted by Crippen LogP contribution is -2.35. The Morgan fingerprint density at radius 2 is 1.66 bits per heavy atom. The molecule has 0 aliphatic carbocycles. The van der Waals surface area contributed by atoms with Crippen LogP contribution in [-0.4, -0.2) is 37.1 Å². The number of rotatable bonds is 8. The molecular weight excluding hydrogens is 488 g/mol. The van der Waals surface area contributed by atoms with Gasteiger partial charge in [0.05, 0.1) is 29.2 Å². The zero-order valence-corrected chi connectivity index (χ0v) is 21.4. The maximum absolute atomic E-state index is 13.3. The molecule has 1 aliphatic heterocycles. The van der Waals surface area contributed by atoms with Gasteiger partial charge in [-0.15, -0.1) is 0 Å². The Hall–Kier alpha value is -3.24. The molecule has 35 heavy (non-hydrogen) atoms. The zero-order chi connectivity index (χ0) is 25.2. The number of hydrogen-bond donors (Lipinski definition) is 1. The van der Waals surface area contributed by atoms with Crippen LogP contribution in [0.2, 0.25) is 0 Å². The van der Waals surface area contributed by atoms with Crippen LogP contribution >= 0.6 is 0 Å². The Balaban J connectivity index is 1.60. The predicted molar refractivity (Wildman–Crippen MR) is 135 cm³/mol. The van der Waals surface area contributed by atoms with E-state index >= 15 is 0 Å². The van der Waals surface area contributed by atoms with Crippen LogP contribution in [0.25, 0.3) is 0 Å². The van der Waals surface area contributed by atoms with Gasteiger partial charge < -0.3 is 9.47 Å². The molecule has 0 fully saturated rings. The third kappa shape index (κ3) is 5.08. The quantitative estimate of drug-likeness (QED) is 0.478. The Morgan fingerprint density at radius 3 is 2.31 bits per heavy atom. The Kier molecular flexibility index (Phi) is 6.95. The Labute approximate surface area is 206 Å². The normalized spacial score (nSPS) is 13.7. The maximum atomic E-state index is 13.3. The standard InChI is InChI=1S/C25H28N2O6S2/c1-4-33-25-14-12-23(16-18(25)2)34(28,29)26-20-7-13-24-19(17-20)6-5-15-27(24)35(30,31)22-10-8-21(32-3)9-11-22/h7-14,16-17,26H,4-6,15H2,1-3H3. The summed E-state index contributed by atoms with van der Waals surface area (Å²) in [5, 5.41) is 0. The molecule has 0 amide bonds. The first-order valence-electron chi connectivity index (χ1n) is 11.2. The van der Waals surface area contributed by atoms with Gasteiger partial charge in [0.1, 0.15) is 11.5 Å². The number of fused-ring (bicyclic) bond motifs is 1. The molecule has 4 rings (SSSR count). The fourth-order valence-corrected chi connectivity index (χ4v) is 6.75. The van der Waals surface area contributed by atoms with E-state index in [9.17, 15) is 16.8 Å². The van der Waals surface area contributed by atoms with Gasteiger partial charge in [0.15, 0.2) is 0 Å². The summed E-state index contributed by atoms with van der Waals surface area (Å²) in [6.07, 6.45) is 1.26. The first kappa shape index (κ1) is 24.9. The second-order valence-electron chi connectivity index (χ2n) is 8.17. The van der Waals surface area contributed by atoms with E-state index in [1.54, 1.807) is 49.4 Å². The number of sulfonamides is 2. The van der Waals surface area contributed by atoms with Gasteiger partial charge in [-0.2, -0.15) is 0 Å². The molecule has 0 radical (unpaired) electrons. The number of nitrogens with one attached hydrogen (secondary N) is 1. The average Bonchev–Trinajstić information content (AvgIpc) is 2.84. The van der Waals surface area contributed by atoms with E-state index in [1.165, 1.54) is 29.6 Å². The van der Waals surface area contributed by atoms with Gasteiger partial charge in [0.2, 0.25) is 0 Å². The van der Waals surface area contributed by atoms with Crippen molar-refractivity contribution in [2.24, 2.45) is 0 Å². The number of nitrogens with zero attached hydrogens (tertiary/aromatic N) is 1. The topological polar surface area (TPSA) is 102 Å². The summed E-state index contributed by atoms with van der Waals surface area (Å²) in [4.78, 5) is 0.293. The van der Waals surface area contributed by atoms with E-state index in [4.69, 9.17) is 9.47 Å². The second-order valence-corrected chi connectivity index (χ2v) is 11.7. The number of benzene rings is 3. The van der Waals surface area contributed by atoms with Gasteiger partial charge >= 0.3 is 0 Å². The SMILES string of the molecule is CCOc1ccc(S(=O)(=O)Nc2ccc3c(c2)CCCN3S(=O)(=O)c2ccc(OC)cc2)cc1C. The predicted octanol–water partition coefficient (Wildman–Crippen LogP) is 4.34. The van der Waals surface area contributed by atoms with E-state index in [0.29, 0.717) is 48.9 Å². The molecular formula is C25H28N2O6S2. The van der Waals surface area contributed by atoms with Gasteiger partial charge in [-0.1, -0.05) is 0 Å². The molecule has 8 nitrogen and oxygen atoms in total. The van der Waals surface area contributed by atoms with Crippen LogP contribution in [0.15, 0.2) is 70.5 Å². The third-order valence-electron chi connectivity index (χ3n) is 5.81. The van der Waals surface area contributed by atoms with Crippen molar-refractivity contribution in [3.05, 3.63) is 71.8 Å². The lowest BCUT2D eigenvalue weighted by Gasteiger charge is -2.31. The Morgan fingerprint density at radius 1 is 0.943 bits per heavy atom. The van der Waals surface area contributed by atoms with Crippen LogP contribution in [0.5, 0.6) is 11.5 Å². The lowest BCUT2D eigenvalue weighted by molar-refractivity contribution is 0.337. The number of ether oxygens (including phenoxy) is 2. The van der Waals surface area contributed by atoms with E-state index in [-0.39, 0.29) is 9.79 Å². The van der Waals surface area contributed by atoms with Crippen LogP contribution in [-0.2, 0) is 26.5 Å². The summed E-state index contributed by atoms with van der Waals surface area (Å²) in [6, 6.07) is 15.9. The molecule has 1 heterocycles. The van der Waals surface area contributed by atoms with Gasteiger partial charge in [0, 0.05) is 12.2 Å². The van der Waals surface area contributed by atoms with Crippen molar-refractivity contribution >= 4 is 31.4 Å². The molecule has 0 aromatic heterocycles. The first-order valence-corrected chi connectivity index (χ1v) is 14.1. The number of anilines is 2. The molecule has 0 spiro atoms. The van der Waals surface area contributed by atoms with Crippen molar-refractivity contribution in [3.8, 4) is 11.5 Å². The summed E-state index contributed by atoms with van der Waals surface area (Å²) < 4.78 is 67.2. The van der Waals surface area contributed by atoms with Crippen molar-refractivity contribution in [1.82, 2.24) is 0 Å². The monoisotopic (exact) mass is 516 g/mol. The minimum atomic E-state index is -3.83. The van der Waals surface area contributed by atoms with Gasteiger partial charge in [0.25, 0.3) is 20.0 Å². The van der Waals surface area contributed by atoms with Crippen molar-refractivity contribution < 1.29 is 26.3 Å². The highest BCUT2D eigenvalue weighted by Gasteiger charge is 2.29. The van der Waals surface area contributed by atoms with E-state index in [2.05, 4.69) is 4.72 Å². The van der Waals surface area contributed by atoms with Crippen molar-refractivity contribution in [1.29, 1.82) is 0 Å². The Bertz CT molecular complexity index is 1440. The minimum Gasteiger partial charge on any atom is -0.497 e. The van der Waals surface area contributed by atoms with Crippen LogP contribution < -0.4 is 18.5 Å². The summed E-state index contributed by atoms with van der Waals surface area (Å²) in [7, 11) is -6.09. The third-order valence-corrected chi connectivity index (χ3v) is 9.02. The second kappa shape index (κ2) is 9.79. The molecule has 1 N–H and O–H groups in total. The molecule has 3 aromatic rings. The maximum Gasteiger partial charge on any atom is 0.264 e. The molecule has 0 saturated heterocycles. The van der Waals surface area contributed by atoms with Crippen LogP contribution in [0, 0.1) is 6.92 Å². The fraction of sp³-hybridized carbons (Fsp3) is 0.280. The minimum absolute atomic E-state index is 0.125. The fourth-order valence-electron chi connectivity index (χ4n) is 4.07. The largest absolute Gasteiger partial charge is 0.497 e. The molecule has 3 aromatic carbocycles. The van der Waals surface area contributed by atoms with E-state index < -0.39 is 20.0 Å². The van der Waals surface area contributed by atoms with Crippen LogP contribution in [0.4, 0.5) is 11.4 Å². The smallest absolute Gasteiger partial charge is 0.264 e. The van der Waals surface area contributed by atoms with Gasteiger partial charge in [-0.25, -0.2) is 16.8 Å². The highest BCUT2D eigenvalue weighted by atomic mass is 32.2. The van der Waals surface area contributed by atoms with Crippen molar-refractivity contribution in [2.75, 3.05) is 29.3 Å². The molecule has 0 saturated carbocycles.